The molecule has 0 unspecified atom stereocenters. The zero-order valence-corrected chi connectivity index (χ0v) is 12.4. The van der Waals surface area contributed by atoms with Crippen molar-refractivity contribution >= 4 is 9.84 Å². The fourth-order valence-electron chi connectivity index (χ4n) is 1.93. The molecule has 106 valence electrons. The van der Waals surface area contributed by atoms with Crippen molar-refractivity contribution in [2.75, 3.05) is 14.2 Å². The van der Waals surface area contributed by atoms with Gasteiger partial charge in [0, 0.05) is 0 Å². The van der Waals surface area contributed by atoms with Crippen LogP contribution in [0, 0.1) is 6.92 Å². The molecule has 5 heteroatoms. The second kappa shape index (κ2) is 5.54. The summed E-state index contributed by atoms with van der Waals surface area (Å²) >= 11 is 0. The maximum absolute atomic E-state index is 12.6. The lowest BCUT2D eigenvalue weighted by atomic mass is 10.2. The molecule has 0 aromatic heterocycles. The molecule has 0 aliphatic rings. The van der Waals surface area contributed by atoms with Crippen molar-refractivity contribution in [3.63, 3.8) is 0 Å². The normalized spacial score (nSPS) is 11.2. The molecule has 0 fully saturated rings. The maximum Gasteiger partial charge on any atom is 0.206 e. The van der Waals surface area contributed by atoms with E-state index in [0.717, 1.165) is 0 Å². The maximum atomic E-state index is 12.6. The molecule has 0 saturated heterocycles. The van der Waals surface area contributed by atoms with Crippen LogP contribution >= 0.6 is 0 Å². The molecular weight excluding hydrogens is 276 g/mol. The van der Waals surface area contributed by atoms with Gasteiger partial charge in [0.25, 0.3) is 0 Å². The molecule has 0 N–H and O–H groups in total. The Labute approximate surface area is 118 Å². The van der Waals surface area contributed by atoms with Crippen molar-refractivity contribution in [1.29, 1.82) is 0 Å². The van der Waals surface area contributed by atoms with E-state index in [2.05, 4.69) is 0 Å². The molecule has 2 aromatic carbocycles. The Bertz CT molecular complexity index is 703. The van der Waals surface area contributed by atoms with Gasteiger partial charge in [-0.2, -0.15) is 0 Å². The Balaban J connectivity index is 2.48. The number of rotatable bonds is 4. The third kappa shape index (κ3) is 2.63. The van der Waals surface area contributed by atoms with Crippen LogP contribution in [0.5, 0.6) is 11.5 Å². The van der Waals surface area contributed by atoms with E-state index in [1.165, 1.54) is 19.2 Å². The van der Waals surface area contributed by atoms with Gasteiger partial charge in [-0.05, 0) is 55.0 Å². The zero-order valence-electron chi connectivity index (χ0n) is 11.6. The number of aryl methyl sites for hydroxylation is 1. The number of ether oxygens (including phenoxy) is 2. The summed E-state index contributed by atoms with van der Waals surface area (Å²) in [5.74, 6) is 1.26. The summed E-state index contributed by atoms with van der Waals surface area (Å²) in [5.41, 5.74) is 0.653. The van der Waals surface area contributed by atoms with E-state index in [-0.39, 0.29) is 9.79 Å². The Morgan fingerprint density at radius 3 is 1.90 bits per heavy atom. The Kier molecular flexibility index (Phi) is 3.99. The monoisotopic (exact) mass is 292 g/mol. The smallest absolute Gasteiger partial charge is 0.206 e. The van der Waals surface area contributed by atoms with E-state index in [9.17, 15) is 8.42 Å². The molecule has 0 heterocycles. The molecular formula is C15H16O4S. The lowest BCUT2D eigenvalue weighted by molar-refractivity contribution is 0.414. The summed E-state index contributed by atoms with van der Waals surface area (Å²) in [6.07, 6.45) is 0. The number of methoxy groups -OCH3 is 2. The second-order valence-corrected chi connectivity index (χ2v) is 6.23. The third-order valence-corrected chi connectivity index (χ3v) is 4.97. The summed E-state index contributed by atoms with van der Waals surface area (Å²) in [6, 6.07) is 11.3. The predicted molar refractivity (Wildman–Crippen MR) is 76.2 cm³/mol. The SMILES string of the molecule is COc1ccc(S(=O)(=O)c2ccc(OC)cc2C)cc1. The van der Waals surface area contributed by atoms with Crippen LogP contribution < -0.4 is 9.47 Å². The summed E-state index contributed by atoms with van der Waals surface area (Å²) < 4.78 is 35.3. The van der Waals surface area contributed by atoms with Crippen LogP contribution in [-0.2, 0) is 9.84 Å². The average Bonchev–Trinajstić information content (AvgIpc) is 2.46. The Hall–Kier alpha value is -2.01. The highest BCUT2D eigenvalue weighted by Gasteiger charge is 2.20. The van der Waals surface area contributed by atoms with Gasteiger partial charge in [0.15, 0.2) is 0 Å². The summed E-state index contributed by atoms with van der Waals surface area (Å²) in [4.78, 5) is 0.523. The van der Waals surface area contributed by atoms with E-state index in [1.807, 2.05) is 0 Å². The second-order valence-electron chi connectivity index (χ2n) is 4.31. The fourth-order valence-corrected chi connectivity index (χ4v) is 3.41. The molecule has 0 aliphatic carbocycles. The summed E-state index contributed by atoms with van der Waals surface area (Å²) in [7, 11) is -0.444. The van der Waals surface area contributed by atoms with Gasteiger partial charge in [0.2, 0.25) is 9.84 Å². The van der Waals surface area contributed by atoms with E-state index in [4.69, 9.17) is 9.47 Å². The molecule has 0 radical (unpaired) electrons. The number of benzene rings is 2. The first kappa shape index (κ1) is 14.4. The quantitative estimate of drug-likeness (QED) is 0.869. The molecule has 2 aromatic rings. The Morgan fingerprint density at radius 1 is 0.850 bits per heavy atom. The van der Waals surface area contributed by atoms with Crippen molar-refractivity contribution in [1.82, 2.24) is 0 Å². The average molecular weight is 292 g/mol. The first-order valence-corrected chi connectivity index (χ1v) is 7.51. The highest BCUT2D eigenvalue weighted by Crippen LogP contribution is 2.27. The standard InChI is InChI=1S/C15H16O4S/c1-11-10-13(19-3)6-9-15(11)20(16,17)14-7-4-12(18-2)5-8-14/h4-10H,1-3H3. The fraction of sp³-hybridized carbons (Fsp3) is 0.200. The number of sulfone groups is 1. The van der Waals surface area contributed by atoms with Gasteiger partial charge in [0.1, 0.15) is 11.5 Å². The van der Waals surface area contributed by atoms with E-state index in [0.29, 0.717) is 17.1 Å². The molecule has 0 saturated carbocycles. The highest BCUT2D eigenvalue weighted by atomic mass is 32.2. The van der Waals surface area contributed by atoms with Gasteiger partial charge >= 0.3 is 0 Å². The van der Waals surface area contributed by atoms with Crippen LogP contribution in [0.15, 0.2) is 52.3 Å². The molecule has 0 spiro atoms. The van der Waals surface area contributed by atoms with Crippen LogP contribution in [0.3, 0.4) is 0 Å². The van der Waals surface area contributed by atoms with Gasteiger partial charge in [-0.3, -0.25) is 0 Å². The van der Waals surface area contributed by atoms with E-state index < -0.39 is 9.84 Å². The number of hydrogen-bond acceptors (Lipinski definition) is 4. The zero-order chi connectivity index (χ0) is 14.8. The first-order valence-electron chi connectivity index (χ1n) is 6.03. The molecule has 0 amide bonds. The predicted octanol–water partition coefficient (Wildman–Crippen LogP) is 2.85. The van der Waals surface area contributed by atoms with Gasteiger partial charge < -0.3 is 9.47 Å². The number of hydrogen-bond donors (Lipinski definition) is 0. The van der Waals surface area contributed by atoms with Crippen LogP contribution in [0.2, 0.25) is 0 Å². The lowest BCUT2D eigenvalue weighted by Crippen LogP contribution is -2.04. The molecule has 20 heavy (non-hydrogen) atoms. The van der Waals surface area contributed by atoms with Crippen LogP contribution in [-0.4, -0.2) is 22.6 Å². The molecule has 0 bridgehead atoms. The summed E-state index contributed by atoms with van der Waals surface area (Å²) in [5, 5.41) is 0. The van der Waals surface area contributed by atoms with Crippen LogP contribution in [0.25, 0.3) is 0 Å². The van der Waals surface area contributed by atoms with Crippen molar-refractivity contribution in [3.05, 3.63) is 48.0 Å². The van der Waals surface area contributed by atoms with Gasteiger partial charge in [-0.25, -0.2) is 8.42 Å². The van der Waals surface area contributed by atoms with E-state index in [1.54, 1.807) is 44.4 Å². The Morgan fingerprint density at radius 2 is 1.40 bits per heavy atom. The minimum Gasteiger partial charge on any atom is -0.497 e. The largest absolute Gasteiger partial charge is 0.497 e. The van der Waals surface area contributed by atoms with Gasteiger partial charge in [-0.1, -0.05) is 0 Å². The van der Waals surface area contributed by atoms with Crippen LogP contribution in [0.1, 0.15) is 5.56 Å². The molecule has 4 nitrogen and oxygen atoms in total. The molecule has 2 rings (SSSR count). The van der Waals surface area contributed by atoms with Crippen molar-refractivity contribution in [2.24, 2.45) is 0 Å². The first-order chi connectivity index (χ1) is 9.48. The van der Waals surface area contributed by atoms with Gasteiger partial charge in [-0.15, -0.1) is 0 Å². The van der Waals surface area contributed by atoms with Crippen LogP contribution in [0.4, 0.5) is 0 Å². The lowest BCUT2D eigenvalue weighted by Gasteiger charge is -2.10. The summed E-state index contributed by atoms with van der Waals surface area (Å²) in [6.45, 7) is 1.75. The molecule has 0 aliphatic heterocycles. The van der Waals surface area contributed by atoms with Gasteiger partial charge in [0.05, 0.1) is 24.0 Å². The van der Waals surface area contributed by atoms with Crippen molar-refractivity contribution < 1.29 is 17.9 Å². The minimum absolute atomic E-state index is 0.242. The van der Waals surface area contributed by atoms with E-state index >= 15 is 0 Å². The molecule has 0 atom stereocenters. The highest BCUT2D eigenvalue weighted by molar-refractivity contribution is 7.91. The third-order valence-electron chi connectivity index (χ3n) is 3.04. The minimum atomic E-state index is -3.53. The topological polar surface area (TPSA) is 52.6 Å². The van der Waals surface area contributed by atoms with Crippen molar-refractivity contribution in [2.45, 2.75) is 16.7 Å². The van der Waals surface area contributed by atoms with Crippen molar-refractivity contribution in [3.8, 4) is 11.5 Å².